The summed E-state index contributed by atoms with van der Waals surface area (Å²) in [6.45, 7) is 0.415. The molecule has 70 valence electrons. The molecule has 3 nitrogen and oxygen atoms in total. The molecule has 0 aliphatic carbocycles. The highest BCUT2D eigenvalue weighted by Gasteiger charge is 1.97. The Bertz CT molecular complexity index is 480. The lowest BCUT2D eigenvalue weighted by molar-refractivity contribution is -0.120. The van der Waals surface area contributed by atoms with Crippen LogP contribution in [0.4, 0.5) is 5.69 Å². The maximum Gasteiger partial charge on any atom is 0.298 e. The van der Waals surface area contributed by atoms with Crippen molar-refractivity contribution in [2.75, 3.05) is 5.73 Å². The lowest BCUT2D eigenvalue weighted by Gasteiger charge is -2.01. The van der Waals surface area contributed by atoms with Crippen molar-refractivity contribution in [1.82, 2.24) is 0 Å². The van der Waals surface area contributed by atoms with Gasteiger partial charge in [0.1, 0.15) is 5.75 Å². The van der Waals surface area contributed by atoms with Gasteiger partial charge in [0, 0.05) is 5.69 Å². The smallest absolute Gasteiger partial charge is 0.298 e. The first-order chi connectivity index (χ1) is 6.79. The van der Waals surface area contributed by atoms with E-state index in [2.05, 4.69) is 0 Å². The number of nitrogen functional groups attached to an aromatic ring is 1. The molecule has 0 spiro atoms. The SMILES string of the molecule is Nc1ccc2cc(OC=O)ccc2c1. The molecule has 0 saturated carbocycles. The number of nitrogens with two attached hydrogens (primary N) is 1. The highest BCUT2D eigenvalue weighted by Crippen LogP contribution is 2.22. The number of hydrogen-bond acceptors (Lipinski definition) is 3. The lowest BCUT2D eigenvalue weighted by Crippen LogP contribution is -1.88. The summed E-state index contributed by atoms with van der Waals surface area (Å²) in [4.78, 5) is 10.1. The van der Waals surface area contributed by atoms with Crippen molar-refractivity contribution in [2.24, 2.45) is 0 Å². The van der Waals surface area contributed by atoms with Crippen LogP contribution in [-0.4, -0.2) is 6.47 Å². The van der Waals surface area contributed by atoms with Crippen molar-refractivity contribution in [1.29, 1.82) is 0 Å². The Morgan fingerprint density at radius 2 is 1.79 bits per heavy atom. The van der Waals surface area contributed by atoms with Crippen LogP contribution in [0.2, 0.25) is 0 Å². The van der Waals surface area contributed by atoms with Crippen molar-refractivity contribution in [3.05, 3.63) is 36.4 Å². The van der Waals surface area contributed by atoms with Gasteiger partial charge in [-0.3, -0.25) is 4.79 Å². The van der Waals surface area contributed by atoms with Crippen LogP contribution in [0.5, 0.6) is 5.75 Å². The van der Waals surface area contributed by atoms with Crippen LogP contribution in [0.25, 0.3) is 10.8 Å². The third-order valence-electron chi connectivity index (χ3n) is 2.02. The first-order valence-electron chi connectivity index (χ1n) is 4.19. The van der Waals surface area contributed by atoms with Gasteiger partial charge in [-0.1, -0.05) is 12.1 Å². The average Bonchev–Trinajstić information content (AvgIpc) is 2.19. The first-order valence-corrected chi connectivity index (χ1v) is 4.19. The van der Waals surface area contributed by atoms with Gasteiger partial charge in [-0.25, -0.2) is 0 Å². The number of carbonyl (C=O) groups excluding carboxylic acids is 1. The number of benzene rings is 2. The first kappa shape index (κ1) is 8.56. The highest BCUT2D eigenvalue weighted by atomic mass is 16.5. The van der Waals surface area contributed by atoms with Gasteiger partial charge in [-0.05, 0) is 35.0 Å². The molecule has 0 amide bonds. The normalized spacial score (nSPS) is 10.0. The quantitative estimate of drug-likeness (QED) is 0.577. The molecule has 0 aliphatic rings. The Morgan fingerprint density at radius 1 is 1.07 bits per heavy atom. The summed E-state index contributed by atoms with van der Waals surface area (Å²) < 4.78 is 4.73. The molecule has 2 aromatic carbocycles. The molecule has 0 heterocycles. The second-order valence-corrected chi connectivity index (χ2v) is 2.98. The van der Waals surface area contributed by atoms with Gasteiger partial charge >= 0.3 is 0 Å². The summed E-state index contributed by atoms with van der Waals surface area (Å²) in [6.07, 6.45) is 0. The van der Waals surface area contributed by atoms with E-state index in [1.807, 2.05) is 24.3 Å². The number of carbonyl (C=O) groups is 1. The fourth-order valence-corrected chi connectivity index (χ4v) is 1.37. The second kappa shape index (κ2) is 3.38. The molecule has 0 aliphatic heterocycles. The predicted molar refractivity (Wildman–Crippen MR) is 55.1 cm³/mol. The van der Waals surface area contributed by atoms with E-state index in [0.29, 0.717) is 12.2 Å². The van der Waals surface area contributed by atoms with Crippen molar-refractivity contribution >= 4 is 22.9 Å². The molecule has 3 heteroatoms. The zero-order valence-electron chi connectivity index (χ0n) is 7.44. The summed E-state index contributed by atoms with van der Waals surface area (Å²) in [5, 5.41) is 2.03. The molecule has 0 fully saturated rings. The van der Waals surface area contributed by atoms with Crippen LogP contribution in [-0.2, 0) is 4.79 Å². The van der Waals surface area contributed by atoms with E-state index in [1.165, 1.54) is 0 Å². The summed E-state index contributed by atoms with van der Waals surface area (Å²) in [5.74, 6) is 0.539. The molecule has 14 heavy (non-hydrogen) atoms. The molecule has 0 aromatic heterocycles. The molecule has 0 radical (unpaired) electrons. The van der Waals surface area contributed by atoms with Crippen LogP contribution in [0.15, 0.2) is 36.4 Å². The van der Waals surface area contributed by atoms with Crippen molar-refractivity contribution in [3.8, 4) is 5.75 Å². The summed E-state index contributed by atoms with van der Waals surface area (Å²) in [7, 11) is 0. The van der Waals surface area contributed by atoms with E-state index in [4.69, 9.17) is 10.5 Å². The van der Waals surface area contributed by atoms with Crippen molar-refractivity contribution in [2.45, 2.75) is 0 Å². The minimum atomic E-state index is 0.415. The molecule has 0 unspecified atom stereocenters. The predicted octanol–water partition coefficient (Wildman–Crippen LogP) is 1.96. The van der Waals surface area contributed by atoms with Gasteiger partial charge in [0.05, 0.1) is 0 Å². The highest BCUT2D eigenvalue weighted by molar-refractivity contribution is 5.86. The Labute approximate surface area is 81.1 Å². The summed E-state index contributed by atoms with van der Waals surface area (Å²) >= 11 is 0. The van der Waals surface area contributed by atoms with Crippen molar-refractivity contribution in [3.63, 3.8) is 0 Å². The molecular weight excluding hydrogens is 178 g/mol. The largest absolute Gasteiger partial charge is 0.429 e. The van der Waals surface area contributed by atoms with Gasteiger partial charge < -0.3 is 10.5 Å². The number of rotatable bonds is 2. The zero-order valence-corrected chi connectivity index (χ0v) is 7.44. The number of fused-ring (bicyclic) bond motifs is 1. The maximum absolute atomic E-state index is 10.1. The van der Waals surface area contributed by atoms with Crippen LogP contribution in [0.3, 0.4) is 0 Å². The fourth-order valence-electron chi connectivity index (χ4n) is 1.37. The maximum atomic E-state index is 10.1. The standard InChI is InChI=1S/C11H9NO2/c12-10-3-1-9-6-11(14-7-13)4-2-8(9)5-10/h1-7H,12H2. The number of hydrogen-bond donors (Lipinski definition) is 1. The van der Waals surface area contributed by atoms with Crippen molar-refractivity contribution < 1.29 is 9.53 Å². The van der Waals surface area contributed by atoms with Gasteiger partial charge in [0.15, 0.2) is 0 Å². The third kappa shape index (κ3) is 1.52. The van der Waals surface area contributed by atoms with Crippen LogP contribution in [0, 0.1) is 0 Å². The fraction of sp³-hybridized carbons (Fsp3) is 0. The average molecular weight is 187 g/mol. The zero-order chi connectivity index (χ0) is 9.97. The molecule has 0 bridgehead atoms. The summed E-state index contributed by atoms with van der Waals surface area (Å²) in [5.41, 5.74) is 6.36. The number of anilines is 1. The number of ether oxygens (including phenoxy) is 1. The Kier molecular flexibility index (Phi) is 2.07. The molecule has 0 saturated heterocycles. The van der Waals surface area contributed by atoms with E-state index in [1.54, 1.807) is 12.1 Å². The minimum Gasteiger partial charge on any atom is -0.429 e. The van der Waals surface area contributed by atoms with Gasteiger partial charge in [-0.2, -0.15) is 0 Å². The molecule has 2 aromatic rings. The lowest BCUT2D eigenvalue weighted by atomic mass is 10.1. The van der Waals surface area contributed by atoms with Gasteiger partial charge in [0.2, 0.25) is 0 Å². The van der Waals surface area contributed by atoms with Gasteiger partial charge in [0.25, 0.3) is 6.47 Å². The minimum absolute atomic E-state index is 0.415. The van der Waals surface area contributed by atoms with Gasteiger partial charge in [-0.15, -0.1) is 0 Å². The Morgan fingerprint density at radius 3 is 2.57 bits per heavy atom. The topological polar surface area (TPSA) is 52.3 Å². The van der Waals surface area contributed by atoms with E-state index < -0.39 is 0 Å². The molecule has 0 atom stereocenters. The van der Waals surface area contributed by atoms with E-state index >= 15 is 0 Å². The monoisotopic (exact) mass is 187 g/mol. The molecular formula is C11H9NO2. The second-order valence-electron chi connectivity index (χ2n) is 2.98. The van der Waals surface area contributed by atoms with Crippen LogP contribution in [0.1, 0.15) is 0 Å². The Hall–Kier alpha value is -2.03. The van der Waals surface area contributed by atoms with E-state index in [9.17, 15) is 4.79 Å². The van der Waals surface area contributed by atoms with E-state index in [0.717, 1.165) is 16.5 Å². The van der Waals surface area contributed by atoms with Crippen LogP contribution >= 0.6 is 0 Å². The molecule has 2 rings (SSSR count). The molecule has 2 N–H and O–H groups in total. The third-order valence-corrected chi connectivity index (χ3v) is 2.02. The Balaban J connectivity index is 2.55. The summed E-state index contributed by atoms with van der Waals surface area (Å²) in [6, 6.07) is 11.0. The van der Waals surface area contributed by atoms with Crippen LogP contribution < -0.4 is 10.5 Å². The van der Waals surface area contributed by atoms with E-state index in [-0.39, 0.29) is 0 Å².